The lowest BCUT2D eigenvalue weighted by Gasteiger charge is -2.22. The quantitative estimate of drug-likeness (QED) is 0.324. The molecule has 3 aliphatic rings. The van der Waals surface area contributed by atoms with Gasteiger partial charge in [-0.25, -0.2) is 4.79 Å². The van der Waals surface area contributed by atoms with E-state index in [1.807, 2.05) is 0 Å². The molecule has 0 amide bonds. The van der Waals surface area contributed by atoms with Gasteiger partial charge < -0.3 is 9.47 Å². The molecular weight excluding hydrogens is 228 g/mol. The molecule has 3 heteroatoms. The Morgan fingerprint density at radius 1 is 1.28 bits per heavy atom. The molecule has 2 saturated carbocycles. The zero-order chi connectivity index (χ0) is 12.5. The van der Waals surface area contributed by atoms with Crippen molar-refractivity contribution < 1.29 is 14.3 Å². The number of hydrogen-bond donors (Lipinski definition) is 0. The highest BCUT2D eigenvalue weighted by Gasteiger charge is 2.54. The van der Waals surface area contributed by atoms with E-state index in [4.69, 9.17) is 9.47 Å². The van der Waals surface area contributed by atoms with Gasteiger partial charge in [0.2, 0.25) is 0 Å². The van der Waals surface area contributed by atoms with Crippen LogP contribution in [-0.4, -0.2) is 25.3 Å². The van der Waals surface area contributed by atoms with Crippen LogP contribution in [0.15, 0.2) is 24.8 Å². The van der Waals surface area contributed by atoms with Gasteiger partial charge in [0.05, 0.1) is 12.7 Å². The fourth-order valence-corrected chi connectivity index (χ4v) is 4.15. The third-order valence-electron chi connectivity index (χ3n) is 4.79. The van der Waals surface area contributed by atoms with Crippen molar-refractivity contribution in [3.05, 3.63) is 24.8 Å². The van der Waals surface area contributed by atoms with Gasteiger partial charge in [0.1, 0.15) is 6.61 Å². The van der Waals surface area contributed by atoms with E-state index < -0.39 is 0 Å². The largest absolute Gasteiger partial charge is 0.460 e. The molecule has 0 aliphatic heterocycles. The van der Waals surface area contributed by atoms with Crippen LogP contribution in [0.5, 0.6) is 0 Å². The summed E-state index contributed by atoms with van der Waals surface area (Å²) < 4.78 is 10.9. The van der Waals surface area contributed by atoms with Crippen molar-refractivity contribution in [2.75, 3.05) is 13.2 Å². The zero-order valence-electron chi connectivity index (χ0n) is 10.6. The van der Waals surface area contributed by atoms with E-state index in [-0.39, 0.29) is 5.97 Å². The highest BCUT2D eigenvalue weighted by molar-refractivity contribution is 5.81. The number of carbonyl (C=O) groups excluding carboxylic acids is 1. The van der Waals surface area contributed by atoms with Gasteiger partial charge in [-0.15, -0.1) is 0 Å². The average molecular weight is 248 g/mol. The van der Waals surface area contributed by atoms with Crippen LogP contribution in [0.4, 0.5) is 0 Å². The summed E-state index contributed by atoms with van der Waals surface area (Å²) in [5, 5.41) is 0. The third kappa shape index (κ3) is 1.91. The van der Waals surface area contributed by atoms with Gasteiger partial charge >= 0.3 is 5.97 Å². The summed E-state index contributed by atoms with van der Waals surface area (Å²) in [5.74, 6) is 2.64. The van der Waals surface area contributed by atoms with Crippen molar-refractivity contribution in [3.8, 4) is 0 Å². The molecule has 3 aliphatic carbocycles. The third-order valence-corrected chi connectivity index (χ3v) is 4.79. The summed E-state index contributed by atoms with van der Waals surface area (Å²) in [6.07, 6.45) is 10.2. The zero-order valence-corrected chi connectivity index (χ0v) is 10.6. The molecule has 0 radical (unpaired) electrons. The predicted octanol–water partition coefficient (Wildman–Crippen LogP) is 2.33. The van der Waals surface area contributed by atoms with Crippen molar-refractivity contribution >= 4 is 5.97 Å². The van der Waals surface area contributed by atoms with E-state index in [0.29, 0.717) is 25.2 Å². The first-order valence-electron chi connectivity index (χ1n) is 6.88. The van der Waals surface area contributed by atoms with Crippen molar-refractivity contribution in [3.63, 3.8) is 0 Å². The van der Waals surface area contributed by atoms with E-state index in [1.54, 1.807) is 0 Å². The maximum atomic E-state index is 10.9. The van der Waals surface area contributed by atoms with E-state index in [9.17, 15) is 4.79 Å². The number of allylic oxidation sites excluding steroid dienone is 2. The standard InChI is InChI=1S/C15H20O3/c1-2-14(16)17-8-9-18-15-12-6-7-13(15)11-5-3-4-10(11)12/h2-4,10-13,15H,1,5-9H2. The van der Waals surface area contributed by atoms with Crippen LogP contribution >= 0.6 is 0 Å². The van der Waals surface area contributed by atoms with Crippen molar-refractivity contribution in [1.29, 1.82) is 0 Å². The van der Waals surface area contributed by atoms with E-state index in [2.05, 4.69) is 18.7 Å². The Bertz CT molecular complexity index is 374. The monoisotopic (exact) mass is 248 g/mol. The minimum absolute atomic E-state index is 0.339. The Balaban J connectivity index is 1.48. The molecule has 0 spiro atoms. The fraction of sp³-hybridized carbons (Fsp3) is 0.667. The Morgan fingerprint density at radius 3 is 2.89 bits per heavy atom. The molecule has 18 heavy (non-hydrogen) atoms. The molecule has 3 rings (SSSR count). The Labute approximate surface area is 108 Å². The summed E-state index contributed by atoms with van der Waals surface area (Å²) in [6, 6.07) is 0. The smallest absolute Gasteiger partial charge is 0.330 e. The van der Waals surface area contributed by atoms with Gasteiger partial charge in [0.15, 0.2) is 0 Å². The molecule has 0 saturated heterocycles. The highest BCUT2D eigenvalue weighted by atomic mass is 16.6. The summed E-state index contributed by atoms with van der Waals surface area (Å²) in [4.78, 5) is 10.9. The predicted molar refractivity (Wildman–Crippen MR) is 67.8 cm³/mol. The van der Waals surface area contributed by atoms with Crippen molar-refractivity contribution in [2.45, 2.75) is 25.4 Å². The van der Waals surface area contributed by atoms with Gasteiger partial charge in [-0.1, -0.05) is 18.7 Å². The molecule has 5 atom stereocenters. The van der Waals surface area contributed by atoms with E-state index in [1.165, 1.54) is 25.3 Å². The number of esters is 1. The molecule has 3 nitrogen and oxygen atoms in total. The fourth-order valence-electron chi connectivity index (χ4n) is 4.15. The molecular formula is C15H20O3. The second-order valence-corrected chi connectivity index (χ2v) is 5.52. The lowest BCUT2D eigenvalue weighted by Crippen LogP contribution is -2.23. The van der Waals surface area contributed by atoms with Gasteiger partial charge in [-0.3, -0.25) is 0 Å². The first-order chi connectivity index (χ1) is 8.81. The van der Waals surface area contributed by atoms with Crippen LogP contribution in [0.1, 0.15) is 19.3 Å². The molecule has 2 fully saturated rings. The molecule has 0 aromatic carbocycles. The first kappa shape index (κ1) is 12.0. The topological polar surface area (TPSA) is 35.5 Å². The van der Waals surface area contributed by atoms with Gasteiger partial charge in [0.25, 0.3) is 0 Å². The first-order valence-corrected chi connectivity index (χ1v) is 6.88. The number of ether oxygens (including phenoxy) is 2. The summed E-state index contributed by atoms with van der Waals surface area (Å²) in [5.41, 5.74) is 0. The van der Waals surface area contributed by atoms with Gasteiger partial charge in [-0.2, -0.15) is 0 Å². The van der Waals surface area contributed by atoms with E-state index in [0.717, 1.165) is 17.8 Å². The molecule has 5 unspecified atom stereocenters. The lowest BCUT2D eigenvalue weighted by molar-refractivity contribution is -0.140. The Kier molecular flexibility index (Phi) is 3.25. The number of fused-ring (bicyclic) bond motifs is 5. The van der Waals surface area contributed by atoms with Gasteiger partial charge in [0, 0.05) is 6.08 Å². The van der Waals surface area contributed by atoms with Crippen LogP contribution in [0.3, 0.4) is 0 Å². The Hall–Kier alpha value is -1.09. The molecule has 0 N–H and O–H groups in total. The molecule has 0 aromatic rings. The minimum atomic E-state index is -0.368. The molecule has 0 heterocycles. The summed E-state index contributed by atoms with van der Waals surface area (Å²) >= 11 is 0. The summed E-state index contributed by atoms with van der Waals surface area (Å²) in [6.45, 7) is 4.22. The van der Waals surface area contributed by atoms with Gasteiger partial charge in [-0.05, 0) is 42.9 Å². The van der Waals surface area contributed by atoms with Crippen molar-refractivity contribution in [1.82, 2.24) is 0 Å². The number of rotatable bonds is 5. The van der Waals surface area contributed by atoms with Crippen molar-refractivity contribution in [2.24, 2.45) is 23.7 Å². The second kappa shape index (κ2) is 4.88. The van der Waals surface area contributed by atoms with Crippen LogP contribution in [0, 0.1) is 23.7 Å². The average Bonchev–Trinajstić information content (AvgIpc) is 3.05. The normalized spacial score (nSPS) is 39.9. The van der Waals surface area contributed by atoms with Crippen LogP contribution < -0.4 is 0 Å². The number of hydrogen-bond acceptors (Lipinski definition) is 3. The van der Waals surface area contributed by atoms with E-state index >= 15 is 0 Å². The molecule has 98 valence electrons. The highest BCUT2D eigenvalue weighted by Crippen LogP contribution is 2.57. The Morgan fingerprint density at radius 2 is 2.11 bits per heavy atom. The molecule has 2 bridgehead atoms. The minimum Gasteiger partial charge on any atom is -0.460 e. The summed E-state index contributed by atoms with van der Waals surface area (Å²) in [7, 11) is 0. The molecule has 0 aromatic heterocycles. The number of carbonyl (C=O) groups is 1. The van der Waals surface area contributed by atoms with Crippen LogP contribution in [0.2, 0.25) is 0 Å². The second-order valence-electron chi connectivity index (χ2n) is 5.52. The van der Waals surface area contributed by atoms with Crippen LogP contribution in [-0.2, 0) is 14.3 Å². The van der Waals surface area contributed by atoms with Crippen LogP contribution in [0.25, 0.3) is 0 Å². The lowest BCUT2D eigenvalue weighted by atomic mass is 9.82. The maximum Gasteiger partial charge on any atom is 0.330 e. The SMILES string of the molecule is C=CC(=O)OCCOC1C2CCC1C1CC=CC12. The maximum absolute atomic E-state index is 10.9.